The SMILES string of the molecule is CCCCCCC(N)c1cc2ccc(F)cc2s1. The Hall–Kier alpha value is -0.930. The molecule has 1 heterocycles. The third kappa shape index (κ3) is 3.30. The summed E-state index contributed by atoms with van der Waals surface area (Å²) in [7, 11) is 0. The second kappa shape index (κ2) is 6.30. The summed E-state index contributed by atoms with van der Waals surface area (Å²) in [6, 6.07) is 7.12. The van der Waals surface area contributed by atoms with Gasteiger partial charge in [-0.3, -0.25) is 0 Å². The van der Waals surface area contributed by atoms with Crippen LogP contribution in [0, 0.1) is 5.82 Å². The van der Waals surface area contributed by atoms with E-state index in [1.54, 1.807) is 17.4 Å². The third-order valence-electron chi connectivity index (χ3n) is 3.24. The van der Waals surface area contributed by atoms with Gasteiger partial charge in [0.25, 0.3) is 0 Å². The molecule has 18 heavy (non-hydrogen) atoms. The Bertz CT molecular complexity index is 506. The number of nitrogens with two attached hydrogens (primary N) is 1. The highest BCUT2D eigenvalue weighted by molar-refractivity contribution is 7.19. The number of hydrogen-bond acceptors (Lipinski definition) is 2. The van der Waals surface area contributed by atoms with Gasteiger partial charge in [-0.25, -0.2) is 4.39 Å². The first-order chi connectivity index (χ1) is 8.70. The van der Waals surface area contributed by atoms with Crippen LogP contribution in [0.2, 0.25) is 0 Å². The summed E-state index contributed by atoms with van der Waals surface area (Å²) in [6.45, 7) is 2.21. The van der Waals surface area contributed by atoms with Crippen LogP contribution in [-0.4, -0.2) is 0 Å². The van der Waals surface area contributed by atoms with E-state index < -0.39 is 0 Å². The minimum atomic E-state index is -0.174. The predicted octanol–water partition coefficient (Wildman–Crippen LogP) is 5.01. The molecule has 98 valence electrons. The number of halogens is 1. The van der Waals surface area contributed by atoms with E-state index in [-0.39, 0.29) is 11.9 Å². The second-order valence-corrected chi connectivity index (χ2v) is 5.90. The Kier molecular flexibility index (Phi) is 4.72. The Labute approximate surface area is 112 Å². The van der Waals surface area contributed by atoms with E-state index in [2.05, 4.69) is 13.0 Å². The van der Waals surface area contributed by atoms with Crippen LogP contribution in [0.5, 0.6) is 0 Å². The summed E-state index contributed by atoms with van der Waals surface area (Å²) < 4.78 is 14.1. The van der Waals surface area contributed by atoms with Gasteiger partial charge in [0.1, 0.15) is 5.82 Å². The number of thiophene rings is 1. The molecule has 2 N–H and O–H groups in total. The van der Waals surface area contributed by atoms with Gasteiger partial charge in [0.05, 0.1) is 0 Å². The van der Waals surface area contributed by atoms with Gasteiger partial charge >= 0.3 is 0 Å². The number of hydrogen-bond donors (Lipinski definition) is 1. The topological polar surface area (TPSA) is 26.0 Å². The minimum absolute atomic E-state index is 0.0994. The number of unbranched alkanes of at least 4 members (excludes halogenated alkanes) is 3. The van der Waals surface area contributed by atoms with E-state index in [1.165, 1.54) is 36.6 Å². The first-order valence-corrected chi connectivity index (χ1v) is 7.47. The van der Waals surface area contributed by atoms with Crippen LogP contribution in [0.1, 0.15) is 49.9 Å². The average molecular weight is 265 g/mol. The molecule has 0 spiro atoms. The molecule has 0 radical (unpaired) electrons. The Morgan fingerprint density at radius 2 is 2.06 bits per heavy atom. The quantitative estimate of drug-likeness (QED) is 0.730. The molecule has 0 fully saturated rings. The molecule has 0 amide bonds. The van der Waals surface area contributed by atoms with Crippen molar-refractivity contribution in [1.29, 1.82) is 0 Å². The summed E-state index contributed by atoms with van der Waals surface area (Å²) in [5, 5.41) is 1.10. The van der Waals surface area contributed by atoms with E-state index in [9.17, 15) is 4.39 Å². The number of rotatable bonds is 6. The predicted molar refractivity (Wildman–Crippen MR) is 77.5 cm³/mol. The second-order valence-electron chi connectivity index (χ2n) is 4.79. The molecule has 0 bridgehead atoms. The van der Waals surface area contributed by atoms with Crippen molar-refractivity contribution in [3.8, 4) is 0 Å². The lowest BCUT2D eigenvalue weighted by Crippen LogP contribution is -2.07. The molecule has 1 aromatic heterocycles. The van der Waals surface area contributed by atoms with Gasteiger partial charge in [-0.05, 0) is 30.0 Å². The molecule has 1 unspecified atom stereocenters. The molecule has 1 nitrogen and oxygen atoms in total. The highest BCUT2D eigenvalue weighted by atomic mass is 32.1. The van der Waals surface area contributed by atoms with Crippen LogP contribution in [0.4, 0.5) is 4.39 Å². The largest absolute Gasteiger partial charge is 0.323 e. The third-order valence-corrected chi connectivity index (χ3v) is 4.47. The molecule has 0 aliphatic heterocycles. The van der Waals surface area contributed by atoms with Crippen molar-refractivity contribution in [2.75, 3.05) is 0 Å². The van der Waals surface area contributed by atoms with Crippen LogP contribution in [0.15, 0.2) is 24.3 Å². The fourth-order valence-corrected chi connectivity index (χ4v) is 3.27. The van der Waals surface area contributed by atoms with Gasteiger partial charge in [0.15, 0.2) is 0 Å². The molecule has 0 saturated carbocycles. The molecule has 2 rings (SSSR count). The van der Waals surface area contributed by atoms with Crippen LogP contribution in [0.25, 0.3) is 10.1 Å². The maximum Gasteiger partial charge on any atom is 0.124 e. The minimum Gasteiger partial charge on any atom is -0.323 e. The van der Waals surface area contributed by atoms with E-state index in [4.69, 9.17) is 5.73 Å². The van der Waals surface area contributed by atoms with Crippen LogP contribution >= 0.6 is 11.3 Å². The van der Waals surface area contributed by atoms with E-state index in [1.807, 2.05) is 6.07 Å². The van der Waals surface area contributed by atoms with Crippen molar-refractivity contribution in [1.82, 2.24) is 0 Å². The summed E-state index contributed by atoms with van der Waals surface area (Å²) >= 11 is 1.62. The normalized spacial score (nSPS) is 13.1. The average Bonchev–Trinajstić information content (AvgIpc) is 2.77. The van der Waals surface area contributed by atoms with Gasteiger partial charge in [-0.1, -0.05) is 38.7 Å². The fraction of sp³-hybridized carbons (Fsp3) is 0.467. The lowest BCUT2D eigenvalue weighted by Gasteiger charge is -2.08. The first-order valence-electron chi connectivity index (χ1n) is 6.65. The van der Waals surface area contributed by atoms with E-state index in [0.717, 1.165) is 16.5 Å². The molecular formula is C15H20FNS. The van der Waals surface area contributed by atoms with Gasteiger partial charge in [-0.15, -0.1) is 11.3 Å². The number of fused-ring (bicyclic) bond motifs is 1. The Morgan fingerprint density at radius 3 is 2.83 bits per heavy atom. The molecule has 1 atom stereocenters. The lowest BCUT2D eigenvalue weighted by atomic mass is 10.1. The molecule has 0 saturated heterocycles. The smallest absolute Gasteiger partial charge is 0.124 e. The van der Waals surface area contributed by atoms with Crippen LogP contribution in [0.3, 0.4) is 0 Å². The molecule has 0 aliphatic rings. The Balaban J connectivity index is 2.01. The summed E-state index contributed by atoms with van der Waals surface area (Å²) in [4.78, 5) is 1.17. The lowest BCUT2D eigenvalue weighted by molar-refractivity contribution is 0.571. The standard InChI is InChI=1S/C15H20FNS/c1-2-3-4-5-6-13(17)15-9-11-7-8-12(16)10-14(11)18-15/h7-10,13H,2-6,17H2,1H3. The highest BCUT2D eigenvalue weighted by Gasteiger charge is 2.10. The highest BCUT2D eigenvalue weighted by Crippen LogP contribution is 2.31. The van der Waals surface area contributed by atoms with Crippen LogP contribution in [-0.2, 0) is 0 Å². The molecular weight excluding hydrogens is 245 g/mol. The van der Waals surface area contributed by atoms with Crippen molar-refractivity contribution in [3.05, 3.63) is 35.0 Å². The Morgan fingerprint density at radius 1 is 1.22 bits per heavy atom. The first kappa shape index (κ1) is 13.5. The fourth-order valence-electron chi connectivity index (χ4n) is 2.14. The van der Waals surface area contributed by atoms with Gasteiger partial charge in [0, 0.05) is 15.6 Å². The molecule has 0 aliphatic carbocycles. The number of benzene rings is 1. The van der Waals surface area contributed by atoms with Crippen molar-refractivity contribution in [2.45, 2.75) is 45.1 Å². The van der Waals surface area contributed by atoms with Crippen molar-refractivity contribution in [2.24, 2.45) is 5.73 Å². The summed E-state index contributed by atoms with van der Waals surface area (Å²) in [5.74, 6) is -0.174. The van der Waals surface area contributed by atoms with Gasteiger partial charge < -0.3 is 5.73 Å². The van der Waals surface area contributed by atoms with Crippen molar-refractivity contribution in [3.63, 3.8) is 0 Å². The maximum absolute atomic E-state index is 13.1. The molecule has 2 aromatic rings. The zero-order valence-electron chi connectivity index (χ0n) is 10.8. The zero-order valence-corrected chi connectivity index (χ0v) is 11.6. The van der Waals surface area contributed by atoms with Crippen molar-refractivity contribution < 1.29 is 4.39 Å². The monoisotopic (exact) mass is 265 g/mol. The van der Waals surface area contributed by atoms with E-state index in [0.29, 0.717) is 0 Å². The summed E-state index contributed by atoms with van der Waals surface area (Å²) in [6.07, 6.45) is 5.98. The summed E-state index contributed by atoms with van der Waals surface area (Å²) in [5.41, 5.74) is 6.20. The van der Waals surface area contributed by atoms with Gasteiger partial charge in [0.2, 0.25) is 0 Å². The maximum atomic E-state index is 13.1. The van der Waals surface area contributed by atoms with Crippen molar-refractivity contribution >= 4 is 21.4 Å². The van der Waals surface area contributed by atoms with Crippen LogP contribution < -0.4 is 5.73 Å². The van der Waals surface area contributed by atoms with E-state index >= 15 is 0 Å². The zero-order chi connectivity index (χ0) is 13.0. The molecule has 1 aromatic carbocycles. The van der Waals surface area contributed by atoms with Gasteiger partial charge in [-0.2, -0.15) is 0 Å². The molecule has 3 heteroatoms.